The fraction of sp³-hybridized carbons (Fsp3) is 0.250. The summed E-state index contributed by atoms with van der Waals surface area (Å²) in [7, 11) is -3.89. The van der Waals surface area contributed by atoms with Gasteiger partial charge >= 0.3 is 18.1 Å². The Kier molecular flexibility index (Phi) is 9.43. The second-order valence-corrected chi connectivity index (χ2v) is 11.1. The second kappa shape index (κ2) is 12.4. The summed E-state index contributed by atoms with van der Waals surface area (Å²) in [6, 6.07) is 14.5. The molecule has 0 atom stereocenters. The summed E-state index contributed by atoms with van der Waals surface area (Å²) < 4.78 is 59.9. The molecule has 0 saturated heterocycles. The van der Waals surface area contributed by atoms with Crippen molar-refractivity contribution in [2.24, 2.45) is 0 Å². The number of carboxylic acids is 2. The minimum atomic E-state index is -5.08. The molecule has 3 N–H and O–H groups in total. The average Bonchev–Trinajstić information content (AvgIpc) is 2.88. The van der Waals surface area contributed by atoms with E-state index < -0.39 is 28.1 Å². The van der Waals surface area contributed by atoms with Crippen LogP contribution in [-0.4, -0.2) is 54.8 Å². The van der Waals surface area contributed by atoms with Crippen molar-refractivity contribution in [3.8, 4) is 0 Å². The molecule has 1 aromatic heterocycles. The van der Waals surface area contributed by atoms with Crippen molar-refractivity contribution in [1.82, 2.24) is 4.98 Å². The first kappa shape index (κ1) is 31.1. The molecule has 2 heterocycles. The molecule has 3 aromatic rings. The quantitative estimate of drug-likeness (QED) is 0.345. The highest BCUT2D eigenvalue weighted by Gasteiger charge is 2.38. The Morgan fingerprint density at radius 1 is 1.00 bits per heavy atom. The summed E-state index contributed by atoms with van der Waals surface area (Å²) in [5, 5.41) is 16.9. The molecule has 2 aromatic carbocycles. The number of sulfonamides is 1. The van der Waals surface area contributed by atoms with E-state index in [9.17, 15) is 31.5 Å². The molecule has 0 radical (unpaired) electrons. The maximum atomic E-state index is 12.9. The number of aryl methyl sites for hydroxylation is 3. The molecule has 1 aliphatic rings. The number of anilines is 2. The van der Waals surface area contributed by atoms with Gasteiger partial charge in [0.1, 0.15) is 11.4 Å². The van der Waals surface area contributed by atoms with Crippen LogP contribution in [0.15, 0.2) is 65.7 Å². The third-order valence-corrected chi connectivity index (χ3v) is 7.46. The Balaban J connectivity index is 0.000000587. The fourth-order valence-electron chi connectivity index (χ4n) is 4.26. The highest BCUT2D eigenvalue weighted by molar-refractivity contribution is 7.92. The highest BCUT2D eigenvalue weighted by Crippen LogP contribution is 2.30. The van der Waals surface area contributed by atoms with Gasteiger partial charge in [-0.2, -0.15) is 13.2 Å². The lowest BCUT2D eigenvalue weighted by atomic mass is 9.95. The largest absolute Gasteiger partial charge is 0.490 e. The molecule has 218 valence electrons. The molecule has 0 spiro atoms. The number of carboxylic acid groups (broad SMARTS) is 2. The number of pyridine rings is 1. The van der Waals surface area contributed by atoms with Crippen LogP contribution < -0.4 is 9.62 Å². The Labute approximate surface area is 235 Å². The molecule has 41 heavy (non-hydrogen) atoms. The van der Waals surface area contributed by atoms with Gasteiger partial charge in [0.25, 0.3) is 10.0 Å². The number of alkyl halides is 3. The van der Waals surface area contributed by atoms with Crippen molar-refractivity contribution in [1.29, 1.82) is 0 Å². The van der Waals surface area contributed by atoms with Crippen molar-refractivity contribution in [3.05, 3.63) is 88.6 Å². The Hall–Kier alpha value is -4.39. The van der Waals surface area contributed by atoms with Gasteiger partial charge in [-0.05, 0) is 73.2 Å². The van der Waals surface area contributed by atoms with Gasteiger partial charge in [0.2, 0.25) is 0 Å². The molecule has 0 fully saturated rings. The minimum Gasteiger partial charge on any atom is -0.478 e. The van der Waals surface area contributed by atoms with Gasteiger partial charge in [-0.3, -0.25) is 4.72 Å². The van der Waals surface area contributed by atoms with Crippen molar-refractivity contribution in [3.63, 3.8) is 0 Å². The van der Waals surface area contributed by atoms with Gasteiger partial charge in [0.15, 0.2) is 0 Å². The van der Waals surface area contributed by atoms with Gasteiger partial charge in [0, 0.05) is 13.1 Å². The van der Waals surface area contributed by atoms with Gasteiger partial charge in [-0.1, -0.05) is 36.4 Å². The first-order valence-electron chi connectivity index (χ1n) is 12.2. The zero-order chi connectivity index (χ0) is 30.5. The molecule has 0 bridgehead atoms. The van der Waals surface area contributed by atoms with Crippen LogP contribution in [-0.2, 0) is 14.8 Å². The topological polar surface area (TPSA) is 137 Å². The Morgan fingerprint density at radius 2 is 1.61 bits per heavy atom. The van der Waals surface area contributed by atoms with E-state index in [0.717, 1.165) is 17.5 Å². The van der Waals surface area contributed by atoms with Gasteiger partial charge in [-0.25, -0.2) is 23.0 Å². The van der Waals surface area contributed by atoms with Gasteiger partial charge < -0.3 is 15.1 Å². The lowest BCUT2D eigenvalue weighted by Gasteiger charge is -2.29. The predicted molar refractivity (Wildman–Crippen MR) is 148 cm³/mol. The lowest BCUT2D eigenvalue weighted by Crippen LogP contribution is -2.31. The first-order chi connectivity index (χ1) is 19.1. The molecule has 0 unspecified atom stereocenters. The van der Waals surface area contributed by atoms with E-state index in [4.69, 9.17) is 9.90 Å². The summed E-state index contributed by atoms with van der Waals surface area (Å²) >= 11 is 0. The predicted octanol–water partition coefficient (Wildman–Crippen LogP) is 5.43. The van der Waals surface area contributed by atoms with Crippen LogP contribution in [0.5, 0.6) is 0 Å². The minimum absolute atomic E-state index is 0.0478. The number of hydrogen-bond acceptors (Lipinski definition) is 6. The molecule has 0 aliphatic carbocycles. The maximum Gasteiger partial charge on any atom is 0.490 e. The average molecular weight is 592 g/mol. The summed E-state index contributed by atoms with van der Waals surface area (Å²) in [4.78, 5) is 27.3. The summed E-state index contributed by atoms with van der Waals surface area (Å²) in [5.74, 6) is -3.60. The summed E-state index contributed by atoms with van der Waals surface area (Å²) in [5.41, 5.74) is 5.33. The Bertz CT molecular complexity index is 1580. The highest BCUT2D eigenvalue weighted by atomic mass is 32.2. The zero-order valence-corrected chi connectivity index (χ0v) is 23.2. The third-order valence-electron chi connectivity index (χ3n) is 6.10. The molecule has 9 nitrogen and oxygen atoms in total. The smallest absolute Gasteiger partial charge is 0.478 e. The standard InChI is InChI=1S/C26H27N3O4S.C2HF3O2/c1-17-12-18(2)14-22(13-17)34(32,33)28-21-15-24(26(30)31)25(27-16-21)29-10-8-20(9-11-29)23-7-5-4-6-19(23)3;3-2(4,5)1(6)7/h4-8,12-16,28H,9-11H2,1-3H3,(H,30,31);(H,6,7). The van der Waals surface area contributed by atoms with Gasteiger partial charge in [-0.15, -0.1) is 0 Å². The zero-order valence-electron chi connectivity index (χ0n) is 22.4. The van der Waals surface area contributed by atoms with Crippen LogP contribution in [0.25, 0.3) is 5.57 Å². The van der Waals surface area contributed by atoms with Crippen LogP contribution in [0.4, 0.5) is 24.7 Å². The second-order valence-electron chi connectivity index (χ2n) is 9.37. The van der Waals surface area contributed by atoms with Crippen molar-refractivity contribution >= 4 is 39.0 Å². The number of aromatic nitrogens is 1. The number of nitrogens with one attached hydrogen (secondary N) is 1. The first-order valence-corrected chi connectivity index (χ1v) is 13.7. The van der Waals surface area contributed by atoms with Crippen LogP contribution in [0.3, 0.4) is 0 Å². The molecule has 4 rings (SSSR count). The van der Waals surface area contributed by atoms with Crippen molar-refractivity contribution < 1.29 is 41.4 Å². The molecular formula is C28H28F3N3O6S. The fourth-order valence-corrected chi connectivity index (χ4v) is 5.49. The van der Waals surface area contributed by atoms with Crippen LogP contribution in [0, 0.1) is 20.8 Å². The number of aliphatic carboxylic acids is 1. The number of halogens is 3. The van der Waals surface area contributed by atoms with E-state index in [1.165, 1.54) is 29.0 Å². The van der Waals surface area contributed by atoms with E-state index in [0.29, 0.717) is 18.9 Å². The van der Waals surface area contributed by atoms with Crippen LogP contribution >= 0.6 is 0 Å². The summed E-state index contributed by atoms with van der Waals surface area (Å²) in [6.45, 7) is 6.85. The van der Waals surface area contributed by atoms with E-state index >= 15 is 0 Å². The molecule has 0 saturated carbocycles. The molecule has 0 amide bonds. The number of benzene rings is 2. The molecule has 1 aliphatic heterocycles. The summed E-state index contributed by atoms with van der Waals surface area (Å²) in [6.07, 6.45) is -0.870. The number of rotatable bonds is 6. The molecular weight excluding hydrogens is 563 g/mol. The normalized spacial score (nSPS) is 13.5. The number of nitrogens with zero attached hydrogens (tertiary/aromatic N) is 2. The number of carbonyl (C=O) groups is 2. The van der Waals surface area contributed by atoms with Crippen molar-refractivity contribution in [2.75, 3.05) is 22.7 Å². The van der Waals surface area contributed by atoms with Crippen molar-refractivity contribution in [2.45, 2.75) is 38.3 Å². The Morgan fingerprint density at radius 3 is 2.12 bits per heavy atom. The van der Waals surface area contributed by atoms with Gasteiger partial charge in [0.05, 0.1) is 16.8 Å². The monoisotopic (exact) mass is 591 g/mol. The third kappa shape index (κ3) is 8.07. The SMILES string of the molecule is Cc1cc(C)cc(S(=O)(=O)Nc2cnc(N3CC=C(c4ccccc4C)CC3)c(C(=O)O)c2)c1.O=C(O)C(F)(F)F. The lowest BCUT2D eigenvalue weighted by molar-refractivity contribution is -0.192. The van der Waals surface area contributed by atoms with E-state index in [2.05, 4.69) is 34.8 Å². The molecule has 13 heteroatoms. The number of hydrogen-bond donors (Lipinski definition) is 3. The van der Waals surface area contributed by atoms with E-state index in [-0.39, 0.29) is 16.1 Å². The number of aromatic carboxylic acids is 1. The van der Waals surface area contributed by atoms with E-state index in [1.54, 1.807) is 12.1 Å². The van der Waals surface area contributed by atoms with Crippen LogP contribution in [0.2, 0.25) is 0 Å². The van der Waals surface area contributed by atoms with E-state index in [1.807, 2.05) is 36.9 Å². The maximum absolute atomic E-state index is 12.9. The van der Waals surface area contributed by atoms with Crippen LogP contribution in [0.1, 0.15) is 39.0 Å².